The number of carbonyl (C=O) groups excluding carboxylic acids is 1. The Kier molecular flexibility index (Phi) is 6.14. The monoisotopic (exact) mass is 423 g/mol. The van der Waals surface area contributed by atoms with Crippen LogP contribution in [0.15, 0.2) is 29.1 Å². The van der Waals surface area contributed by atoms with Crippen molar-refractivity contribution in [2.75, 3.05) is 26.2 Å². The van der Waals surface area contributed by atoms with Crippen molar-refractivity contribution in [2.24, 2.45) is 11.8 Å². The molecule has 7 nitrogen and oxygen atoms in total. The largest absolute Gasteiger partial charge is 0.354 e. The quantitative estimate of drug-likeness (QED) is 0.619. The lowest BCUT2D eigenvalue weighted by Crippen LogP contribution is -2.40. The summed E-state index contributed by atoms with van der Waals surface area (Å²) in [6.45, 7) is 12.3. The first kappa shape index (κ1) is 21.6. The Morgan fingerprint density at radius 3 is 2.61 bits per heavy atom. The minimum Gasteiger partial charge on any atom is -0.354 e. The number of likely N-dealkylation sites (tertiary alicyclic amines) is 1. The molecule has 1 saturated heterocycles. The third kappa shape index (κ3) is 4.66. The van der Waals surface area contributed by atoms with Gasteiger partial charge in [-0.25, -0.2) is 4.68 Å². The molecule has 1 N–H and O–H groups in total. The summed E-state index contributed by atoms with van der Waals surface area (Å²) in [7, 11) is 0. The van der Waals surface area contributed by atoms with Crippen molar-refractivity contribution in [3.63, 3.8) is 0 Å². The number of carbonyl (C=O) groups is 1. The summed E-state index contributed by atoms with van der Waals surface area (Å²) in [5.74, 6) is 1.99. The molecule has 3 aromatic rings. The first-order valence-corrected chi connectivity index (χ1v) is 11.3. The molecule has 31 heavy (non-hydrogen) atoms. The Hall–Kier alpha value is -2.67. The van der Waals surface area contributed by atoms with Crippen LogP contribution in [-0.2, 0) is 11.3 Å². The number of nitrogens with zero attached hydrogens (tertiary/aromatic N) is 4. The number of nitrogens with one attached hydrogen (secondary N) is 1. The van der Waals surface area contributed by atoms with Crippen LogP contribution in [0, 0.1) is 25.7 Å². The maximum atomic E-state index is 13.0. The van der Waals surface area contributed by atoms with Crippen LogP contribution in [0.2, 0.25) is 0 Å². The fraction of sp³-hybridized carbons (Fsp3) is 0.542. The van der Waals surface area contributed by atoms with Crippen molar-refractivity contribution >= 4 is 22.3 Å². The lowest BCUT2D eigenvalue weighted by Gasteiger charge is -2.34. The number of fused-ring (bicyclic) bond motifs is 3. The molecule has 0 unspecified atom stereocenters. The van der Waals surface area contributed by atoms with Crippen LogP contribution < -0.4 is 10.9 Å². The average Bonchev–Trinajstić information content (AvgIpc) is 3.08. The van der Waals surface area contributed by atoms with Crippen LogP contribution in [0.4, 0.5) is 0 Å². The molecule has 166 valence electrons. The van der Waals surface area contributed by atoms with E-state index >= 15 is 0 Å². The van der Waals surface area contributed by atoms with Gasteiger partial charge in [0.25, 0.3) is 5.56 Å². The van der Waals surface area contributed by atoms with Crippen LogP contribution >= 0.6 is 0 Å². The minimum atomic E-state index is -0.245. The molecule has 7 heteroatoms. The Morgan fingerprint density at radius 2 is 1.87 bits per heavy atom. The highest BCUT2D eigenvalue weighted by Crippen LogP contribution is 2.21. The third-order valence-electron chi connectivity index (χ3n) is 6.21. The molecular weight excluding hydrogens is 390 g/mol. The molecule has 1 fully saturated rings. The summed E-state index contributed by atoms with van der Waals surface area (Å²) in [4.78, 5) is 27.9. The predicted molar refractivity (Wildman–Crippen MR) is 123 cm³/mol. The number of aromatic nitrogens is 3. The van der Waals surface area contributed by atoms with Crippen molar-refractivity contribution in [2.45, 2.75) is 47.1 Å². The van der Waals surface area contributed by atoms with Gasteiger partial charge in [0.15, 0.2) is 0 Å². The first-order chi connectivity index (χ1) is 14.8. The number of hydrogen-bond donors (Lipinski definition) is 1. The fourth-order valence-electron chi connectivity index (χ4n) is 5.04. The zero-order valence-electron chi connectivity index (χ0n) is 19.0. The van der Waals surface area contributed by atoms with Crippen LogP contribution in [0.5, 0.6) is 0 Å². The standard InChI is InChI=1S/C24H33N5O2/c1-16-6-7-21-20(11-16)12-22-24(31)28(26-19(4)29(21)22)15-23(30)25-8-5-9-27-13-17(2)10-18(3)14-27/h6-7,11-12,17-18H,5,8-10,13-15H2,1-4H3,(H,25,30)/t17-,18-/m1/s1. The molecule has 0 spiro atoms. The van der Waals surface area contributed by atoms with Crippen molar-refractivity contribution in [1.82, 2.24) is 24.4 Å². The summed E-state index contributed by atoms with van der Waals surface area (Å²) in [5, 5.41) is 8.36. The van der Waals surface area contributed by atoms with Crippen LogP contribution in [0.1, 0.15) is 38.1 Å². The summed E-state index contributed by atoms with van der Waals surface area (Å²) in [6.07, 6.45) is 2.21. The van der Waals surface area contributed by atoms with Gasteiger partial charge in [-0.2, -0.15) is 5.10 Å². The maximum Gasteiger partial charge on any atom is 0.291 e. The van der Waals surface area contributed by atoms with E-state index in [-0.39, 0.29) is 18.0 Å². The van der Waals surface area contributed by atoms with Gasteiger partial charge in [0.2, 0.25) is 5.91 Å². The second kappa shape index (κ2) is 8.83. The highest BCUT2D eigenvalue weighted by atomic mass is 16.2. The topological polar surface area (TPSA) is 71.6 Å². The van der Waals surface area contributed by atoms with E-state index in [1.54, 1.807) is 0 Å². The van der Waals surface area contributed by atoms with Crippen LogP contribution in [0.3, 0.4) is 0 Å². The molecule has 2 aromatic heterocycles. The second-order valence-corrected chi connectivity index (χ2v) is 9.35. The van der Waals surface area contributed by atoms with E-state index in [9.17, 15) is 9.59 Å². The second-order valence-electron chi connectivity index (χ2n) is 9.35. The van der Waals surface area contributed by atoms with Crippen LogP contribution in [0.25, 0.3) is 16.4 Å². The van der Waals surface area contributed by atoms with Crippen molar-refractivity contribution < 1.29 is 4.79 Å². The lowest BCUT2D eigenvalue weighted by molar-refractivity contribution is -0.121. The van der Waals surface area contributed by atoms with E-state index in [0.717, 1.165) is 54.4 Å². The summed E-state index contributed by atoms with van der Waals surface area (Å²) >= 11 is 0. The number of hydrogen-bond acceptors (Lipinski definition) is 4. The Balaban J connectivity index is 1.39. The van der Waals surface area contributed by atoms with Gasteiger partial charge in [0, 0.05) is 25.0 Å². The molecule has 1 aliphatic heterocycles. The number of amides is 1. The van der Waals surface area contributed by atoms with E-state index in [1.807, 2.05) is 36.4 Å². The van der Waals surface area contributed by atoms with Gasteiger partial charge >= 0.3 is 0 Å². The Morgan fingerprint density at radius 1 is 1.13 bits per heavy atom. The minimum absolute atomic E-state index is 0.0610. The summed E-state index contributed by atoms with van der Waals surface area (Å²) in [6, 6.07) is 7.97. The molecule has 4 rings (SSSR count). The van der Waals surface area contributed by atoms with Crippen molar-refractivity contribution in [3.8, 4) is 0 Å². The summed E-state index contributed by atoms with van der Waals surface area (Å²) in [5.41, 5.74) is 2.41. The molecule has 1 amide bonds. The zero-order chi connectivity index (χ0) is 22.1. The van der Waals surface area contributed by atoms with Gasteiger partial charge in [-0.1, -0.05) is 25.5 Å². The van der Waals surface area contributed by atoms with E-state index in [4.69, 9.17) is 0 Å². The van der Waals surface area contributed by atoms with Crippen molar-refractivity contribution in [3.05, 3.63) is 46.0 Å². The van der Waals surface area contributed by atoms with E-state index in [0.29, 0.717) is 17.9 Å². The Bertz CT molecular complexity index is 1150. The number of aryl methyl sites for hydroxylation is 2. The average molecular weight is 424 g/mol. The fourth-order valence-corrected chi connectivity index (χ4v) is 5.04. The smallest absolute Gasteiger partial charge is 0.291 e. The number of benzene rings is 1. The Labute approximate surface area is 183 Å². The van der Waals surface area contributed by atoms with Gasteiger partial charge in [-0.15, -0.1) is 0 Å². The molecule has 0 bridgehead atoms. The van der Waals surface area contributed by atoms with Gasteiger partial charge < -0.3 is 10.2 Å². The number of rotatable bonds is 6. The van der Waals surface area contributed by atoms with E-state index < -0.39 is 0 Å². The SMILES string of the molecule is Cc1ccc2c(c1)cc1c(=O)n(CC(=O)NCCCN3C[C@H](C)C[C@@H](C)C3)nc(C)n12. The molecule has 2 atom stereocenters. The van der Waals surface area contributed by atoms with E-state index in [2.05, 4.69) is 35.2 Å². The molecule has 1 aliphatic rings. The maximum absolute atomic E-state index is 13.0. The molecule has 3 heterocycles. The highest BCUT2D eigenvalue weighted by Gasteiger charge is 2.21. The third-order valence-corrected chi connectivity index (χ3v) is 6.21. The predicted octanol–water partition coefficient (Wildman–Crippen LogP) is 2.75. The van der Waals surface area contributed by atoms with Gasteiger partial charge in [0.05, 0.1) is 5.52 Å². The molecule has 1 aromatic carbocycles. The molecular formula is C24H33N5O2. The highest BCUT2D eigenvalue weighted by molar-refractivity contribution is 5.87. The molecule has 0 saturated carbocycles. The van der Waals surface area contributed by atoms with Gasteiger partial charge in [-0.05, 0) is 63.3 Å². The lowest BCUT2D eigenvalue weighted by atomic mass is 9.92. The first-order valence-electron chi connectivity index (χ1n) is 11.3. The molecule has 0 radical (unpaired) electrons. The van der Waals surface area contributed by atoms with Crippen molar-refractivity contribution in [1.29, 1.82) is 0 Å². The van der Waals surface area contributed by atoms with Crippen LogP contribution in [-0.4, -0.2) is 51.2 Å². The van der Waals surface area contributed by atoms with Gasteiger partial charge in [0.1, 0.15) is 17.9 Å². The van der Waals surface area contributed by atoms with E-state index in [1.165, 1.54) is 11.1 Å². The number of piperidine rings is 1. The normalized spacial score (nSPS) is 19.9. The molecule has 0 aliphatic carbocycles. The summed E-state index contributed by atoms with van der Waals surface area (Å²) < 4.78 is 3.14. The van der Waals surface area contributed by atoms with Gasteiger partial charge in [-0.3, -0.25) is 14.0 Å². The zero-order valence-corrected chi connectivity index (χ0v) is 19.0.